The van der Waals surface area contributed by atoms with Gasteiger partial charge in [0, 0.05) is 37.2 Å². The maximum absolute atomic E-state index is 12.9. The lowest BCUT2D eigenvalue weighted by Crippen LogP contribution is -2.48. The third-order valence-corrected chi connectivity index (χ3v) is 5.06. The number of rotatable bonds is 9. The Morgan fingerprint density at radius 1 is 1.29 bits per heavy atom. The summed E-state index contributed by atoms with van der Waals surface area (Å²) in [7, 11) is 0. The SMILES string of the molecule is CCCCOc1ncccc1CNC(=O)C1CCCCN1Cc1cccnc1. The Morgan fingerprint density at radius 2 is 2.18 bits per heavy atom. The number of nitrogens with zero attached hydrogens (tertiary/aromatic N) is 3. The Hall–Kier alpha value is -2.47. The molecule has 2 aromatic heterocycles. The van der Waals surface area contributed by atoms with Crippen LogP contribution in [0, 0.1) is 0 Å². The molecule has 1 amide bonds. The van der Waals surface area contributed by atoms with E-state index in [1.807, 2.05) is 24.4 Å². The van der Waals surface area contributed by atoms with Gasteiger partial charge in [-0.05, 0) is 43.5 Å². The molecule has 6 heteroatoms. The molecule has 0 aliphatic carbocycles. The molecule has 2 aromatic rings. The molecule has 1 unspecified atom stereocenters. The van der Waals surface area contributed by atoms with Crippen molar-refractivity contribution in [1.29, 1.82) is 0 Å². The highest BCUT2D eigenvalue weighted by Crippen LogP contribution is 2.20. The van der Waals surface area contributed by atoms with Crippen molar-refractivity contribution < 1.29 is 9.53 Å². The molecule has 6 nitrogen and oxygen atoms in total. The lowest BCUT2D eigenvalue weighted by molar-refractivity contribution is -0.128. The molecule has 28 heavy (non-hydrogen) atoms. The Morgan fingerprint density at radius 3 is 3.00 bits per heavy atom. The third-order valence-electron chi connectivity index (χ3n) is 5.06. The van der Waals surface area contributed by atoms with E-state index in [1.54, 1.807) is 12.4 Å². The number of hydrogen-bond donors (Lipinski definition) is 1. The van der Waals surface area contributed by atoms with Crippen LogP contribution in [-0.4, -0.2) is 40.0 Å². The van der Waals surface area contributed by atoms with Crippen molar-refractivity contribution in [3.63, 3.8) is 0 Å². The van der Waals surface area contributed by atoms with Gasteiger partial charge in [0.2, 0.25) is 11.8 Å². The van der Waals surface area contributed by atoms with Gasteiger partial charge < -0.3 is 10.1 Å². The van der Waals surface area contributed by atoms with Crippen LogP contribution in [0.2, 0.25) is 0 Å². The van der Waals surface area contributed by atoms with Gasteiger partial charge >= 0.3 is 0 Å². The molecule has 0 aromatic carbocycles. The lowest BCUT2D eigenvalue weighted by atomic mass is 10.0. The van der Waals surface area contributed by atoms with Crippen molar-refractivity contribution in [3.05, 3.63) is 54.0 Å². The first-order chi connectivity index (χ1) is 13.8. The van der Waals surface area contributed by atoms with Crippen molar-refractivity contribution >= 4 is 5.91 Å². The summed E-state index contributed by atoms with van der Waals surface area (Å²) in [6.45, 7) is 4.90. The summed E-state index contributed by atoms with van der Waals surface area (Å²) in [6.07, 6.45) is 10.5. The van der Waals surface area contributed by atoms with Gasteiger partial charge in [-0.3, -0.25) is 14.7 Å². The van der Waals surface area contributed by atoms with Crippen molar-refractivity contribution in [3.8, 4) is 5.88 Å². The zero-order chi connectivity index (χ0) is 19.6. The highest BCUT2D eigenvalue weighted by atomic mass is 16.5. The van der Waals surface area contributed by atoms with Gasteiger partial charge in [0.15, 0.2) is 0 Å². The molecule has 1 aliphatic rings. The minimum Gasteiger partial charge on any atom is -0.477 e. The highest BCUT2D eigenvalue weighted by Gasteiger charge is 2.28. The van der Waals surface area contributed by atoms with Crippen LogP contribution in [0.5, 0.6) is 5.88 Å². The van der Waals surface area contributed by atoms with Crippen LogP contribution in [0.25, 0.3) is 0 Å². The smallest absolute Gasteiger partial charge is 0.237 e. The molecule has 1 atom stereocenters. The summed E-state index contributed by atoms with van der Waals surface area (Å²) >= 11 is 0. The average Bonchev–Trinajstić information content (AvgIpc) is 2.74. The minimum absolute atomic E-state index is 0.0759. The van der Waals surface area contributed by atoms with Crippen LogP contribution >= 0.6 is 0 Å². The number of ether oxygens (including phenoxy) is 1. The van der Waals surface area contributed by atoms with Gasteiger partial charge in [0.25, 0.3) is 0 Å². The van der Waals surface area contributed by atoms with Crippen LogP contribution in [0.3, 0.4) is 0 Å². The second kappa shape index (κ2) is 10.8. The second-order valence-corrected chi connectivity index (χ2v) is 7.23. The molecule has 1 saturated heterocycles. The van der Waals surface area contributed by atoms with E-state index in [1.165, 1.54) is 0 Å². The first-order valence-electron chi connectivity index (χ1n) is 10.2. The summed E-state index contributed by atoms with van der Waals surface area (Å²) in [5.74, 6) is 0.694. The molecular formula is C22H30N4O2. The number of piperidine rings is 1. The number of carbonyl (C=O) groups is 1. The quantitative estimate of drug-likeness (QED) is 0.674. The number of nitrogens with one attached hydrogen (secondary N) is 1. The van der Waals surface area contributed by atoms with Crippen molar-refractivity contribution in [2.45, 2.75) is 58.2 Å². The number of aromatic nitrogens is 2. The van der Waals surface area contributed by atoms with Crippen molar-refractivity contribution in [2.24, 2.45) is 0 Å². The monoisotopic (exact) mass is 382 g/mol. The Labute approximate surface area is 167 Å². The largest absolute Gasteiger partial charge is 0.477 e. The van der Waals surface area contributed by atoms with E-state index >= 15 is 0 Å². The molecule has 0 radical (unpaired) electrons. The molecule has 3 rings (SSSR count). The van der Waals surface area contributed by atoms with Gasteiger partial charge in [0.1, 0.15) is 0 Å². The maximum Gasteiger partial charge on any atom is 0.237 e. The van der Waals surface area contributed by atoms with Gasteiger partial charge in [-0.1, -0.05) is 31.9 Å². The predicted molar refractivity (Wildman–Crippen MR) is 109 cm³/mol. The Bertz CT molecular complexity index is 738. The molecule has 0 saturated carbocycles. The number of pyridine rings is 2. The van der Waals surface area contributed by atoms with E-state index in [0.717, 1.165) is 56.3 Å². The first-order valence-corrected chi connectivity index (χ1v) is 10.2. The minimum atomic E-state index is -0.102. The molecule has 3 heterocycles. The van der Waals surface area contributed by atoms with Gasteiger partial charge in [-0.15, -0.1) is 0 Å². The number of hydrogen-bond acceptors (Lipinski definition) is 5. The van der Waals surface area contributed by atoms with Gasteiger partial charge in [0.05, 0.1) is 12.6 Å². The Kier molecular flexibility index (Phi) is 7.79. The van der Waals surface area contributed by atoms with E-state index in [-0.39, 0.29) is 11.9 Å². The molecule has 0 bridgehead atoms. The third kappa shape index (κ3) is 5.76. The van der Waals surface area contributed by atoms with Crippen molar-refractivity contribution in [2.75, 3.05) is 13.2 Å². The zero-order valence-corrected chi connectivity index (χ0v) is 16.6. The van der Waals surface area contributed by atoms with E-state index in [2.05, 4.69) is 33.2 Å². The van der Waals surface area contributed by atoms with Gasteiger partial charge in [-0.2, -0.15) is 0 Å². The van der Waals surface area contributed by atoms with E-state index in [9.17, 15) is 4.79 Å². The summed E-state index contributed by atoms with van der Waals surface area (Å²) in [4.78, 5) is 23.7. The molecular weight excluding hydrogens is 352 g/mol. The van der Waals surface area contributed by atoms with Crippen LogP contribution in [0.15, 0.2) is 42.9 Å². The van der Waals surface area contributed by atoms with E-state index in [0.29, 0.717) is 19.0 Å². The number of amides is 1. The molecule has 150 valence electrons. The summed E-state index contributed by atoms with van der Waals surface area (Å²) in [5.41, 5.74) is 2.06. The molecule has 1 aliphatic heterocycles. The van der Waals surface area contributed by atoms with E-state index < -0.39 is 0 Å². The lowest BCUT2D eigenvalue weighted by Gasteiger charge is -2.34. The van der Waals surface area contributed by atoms with Crippen molar-refractivity contribution in [1.82, 2.24) is 20.2 Å². The summed E-state index contributed by atoms with van der Waals surface area (Å²) in [6, 6.07) is 7.74. The normalized spacial score (nSPS) is 17.2. The molecule has 1 N–H and O–H groups in total. The highest BCUT2D eigenvalue weighted by molar-refractivity contribution is 5.81. The second-order valence-electron chi connectivity index (χ2n) is 7.23. The molecule has 1 fully saturated rings. The first kappa shape index (κ1) is 20.3. The summed E-state index contributed by atoms with van der Waals surface area (Å²) < 4.78 is 5.78. The fourth-order valence-corrected chi connectivity index (χ4v) is 3.51. The zero-order valence-electron chi connectivity index (χ0n) is 16.6. The Balaban J connectivity index is 1.58. The van der Waals surface area contributed by atoms with Crippen LogP contribution in [-0.2, 0) is 17.9 Å². The van der Waals surface area contributed by atoms with Crippen LogP contribution < -0.4 is 10.1 Å². The standard InChI is InChI=1S/C22H30N4O2/c1-2-3-14-28-22-19(9-7-12-24-22)16-25-21(27)20-10-4-5-13-26(20)17-18-8-6-11-23-15-18/h6-9,11-12,15,20H,2-5,10,13-14,16-17H2,1H3,(H,25,27). The van der Waals surface area contributed by atoms with Crippen LogP contribution in [0.4, 0.5) is 0 Å². The topological polar surface area (TPSA) is 67.3 Å². The number of unbranched alkanes of at least 4 members (excludes halogenated alkanes) is 1. The molecule has 0 spiro atoms. The fourth-order valence-electron chi connectivity index (χ4n) is 3.51. The summed E-state index contributed by atoms with van der Waals surface area (Å²) in [5, 5.41) is 3.10. The van der Waals surface area contributed by atoms with E-state index in [4.69, 9.17) is 4.74 Å². The fraction of sp³-hybridized carbons (Fsp3) is 0.500. The number of carbonyl (C=O) groups excluding carboxylic acids is 1. The maximum atomic E-state index is 12.9. The number of likely N-dealkylation sites (tertiary alicyclic amines) is 1. The average molecular weight is 383 g/mol. The predicted octanol–water partition coefficient (Wildman–Crippen LogP) is 3.33. The van der Waals surface area contributed by atoms with Gasteiger partial charge in [-0.25, -0.2) is 4.98 Å². The van der Waals surface area contributed by atoms with Crippen LogP contribution in [0.1, 0.15) is 50.2 Å².